The van der Waals surface area contributed by atoms with Crippen LogP contribution in [0, 0.1) is 19.7 Å². The van der Waals surface area contributed by atoms with Crippen molar-refractivity contribution in [2.24, 2.45) is 0 Å². The SMILES string of the molecule is CCCNc1ncc(F)c(Oc2ccc(C)cc2C)n1. The van der Waals surface area contributed by atoms with Crippen LogP contribution in [0.2, 0.25) is 0 Å². The molecule has 1 aromatic heterocycles. The van der Waals surface area contributed by atoms with Crippen molar-refractivity contribution >= 4 is 5.95 Å². The van der Waals surface area contributed by atoms with E-state index >= 15 is 0 Å². The minimum Gasteiger partial charge on any atom is -0.436 e. The molecule has 0 radical (unpaired) electrons. The van der Waals surface area contributed by atoms with Gasteiger partial charge in [0.25, 0.3) is 5.88 Å². The molecule has 2 rings (SSSR count). The molecule has 0 saturated carbocycles. The molecule has 0 aliphatic rings. The van der Waals surface area contributed by atoms with Gasteiger partial charge in [-0.2, -0.15) is 9.37 Å². The molecule has 20 heavy (non-hydrogen) atoms. The van der Waals surface area contributed by atoms with Crippen LogP contribution in [0.3, 0.4) is 0 Å². The highest BCUT2D eigenvalue weighted by Crippen LogP contribution is 2.26. The summed E-state index contributed by atoms with van der Waals surface area (Å²) in [4.78, 5) is 7.93. The fraction of sp³-hybridized carbons (Fsp3) is 0.333. The predicted octanol–water partition coefficient (Wildman–Crippen LogP) is 3.85. The van der Waals surface area contributed by atoms with Crippen LogP contribution in [-0.2, 0) is 0 Å². The Bertz CT molecular complexity index is 602. The van der Waals surface area contributed by atoms with Gasteiger partial charge < -0.3 is 10.1 Å². The summed E-state index contributed by atoms with van der Waals surface area (Å²) in [5.41, 5.74) is 2.06. The van der Waals surface area contributed by atoms with E-state index in [0.717, 1.165) is 30.3 Å². The number of nitrogens with one attached hydrogen (secondary N) is 1. The van der Waals surface area contributed by atoms with Crippen LogP contribution in [0.15, 0.2) is 24.4 Å². The minimum atomic E-state index is -0.577. The topological polar surface area (TPSA) is 47.0 Å². The molecule has 0 aliphatic heterocycles. The van der Waals surface area contributed by atoms with E-state index in [-0.39, 0.29) is 5.88 Å². The summed E-state index contributed by atoms with van der Waals surface area (Å²) in [6.07, 6.45) is 2.05. The van der Waals surface area contributed by atoms with Crippen LogP contribution in [0.1, 0.15) is 24.5 Å². The molecule has 0 amide bonds. The molecule has 1 N–H and O–H groups in total. The molecule has 1 aromatic carbocycles. The van der Waals surface area contributed by atoms with Gasteiger partial charge in [-0.15, -0.1) is 0 Å². The summed E-state index contributed by atoms with van der Waals surface area (Å²) < 4.78 is 19.3. The first-order chi connectivity index (χ1) is 9.60. The molecule has 106 valence electrons. The molecule has 5 heteroatoms. The molecule has 0 atom stereocenters. The first-order valence-electron chi connectivity index (χ1n) is 6.61. The molecule has 1 heterocycles. The highest BCUT2D eigenvalue weighted by atomic mass is 19.1. The fourth-order valence-corrected chi connectivity index (χ4v) is 1.76. The summed E-state index contributed by atoms with van der Waals surface area (Å²) in [7, 11) is 0. The maximum Gasteiger partial charge on any atom is 0.260 e. The van der Waals surface area contributed by atoms with E-state index in [9.17, 15) is 4.39 Å². The Morgan fingerprint density at radius 1 is 1.30 bits per heavy atom. The molecule has 4 nitrogen and oxygen atoms in total. The second kappa shape index (κ2) is 6.32. The van der Waals surface area contributed by atoms with E-state index in [1.54, 1.807) is 0 Å². The van der Waals surface area contributed by atoms with E-state index in [1.165, 1.54) is 0 Å². The average molecular weight is 275 g/mol. The molecule has 0 aliphatic carbocycles. The summed E-state index contributed by atoms with van der Waals surface area (Å²) in [6.45, 7) is 6.67. The average Bonchev–Trinajstić information content (AvgIpc) is 2.42. The number of rotatable bonds is 5. The second-order valence-electron chi connectivity index (χ2n) is 4.64. The lowest BCUT2D eigenvalue weighted by molar-refractivity contribution is 0.418. The van der Waals surface area contributed by atoms with Crippen molar-refractivity contribution in [1.29, 1.82) is 0 Å². The largest absolute Gasteiger partial charge is 0.436 e. The molecule has 0 fully saturated rings. The van der Waals surface area contributed by atoms with Crippen molar-refractivity contribution in [2.45, 2.75) is 27.2 Å². The normalized spacial score (nSPS) is 10.4. The van der Waals surface area contributed by atoms with Gasteiger partial charge in [0.15, 0.2) is 0 Å². The van der Waals surface area contributed by atoms with E-state index in [2.05, 4.69) is 15.3 Å². The maximum atomic E-state index is 13.7. The van der Waals surface area contributed by atoms with Crippen LogP contribution >= 0.6 is 0 Å². The van der Waals surface area contributed by atoms with Crippen molar-refractivity contribution in [1.82, 2.24) is 9.97 Å². The van der Waals surface area contributed by atoms with Crippen LogP contribution in [0.5, 0.6) is 11.6 Å². The van der Waals surface area contributed by atoms with E-state index in [1.807, 2.05) is 39.0 Å². The Labute approximate surface area is 118 Å². The van der Waals surface area contributed by atoms with Gasteiger partial charge >= 0.3 is 0 Å². The number of ether oxygens (including phenoxy) is 1. The zero-order valence-corrected chi connectivity index (χ0v) is 11.9. The number of hydrogen-bond donors (Lipinski definition) is 1. The Hall–Kier alpha value is -2.17. The zero-order valence-electron chi connectivity index (χ0n) is 11.9. The van der Waals surface area contributed by atoms with Gasteiger partial charge in [0.1, 0.15) is 5.75 Å². The minimum absolute atomic E-state index is 0.0643. The third-order valence-electron chi connectivity index (χ3n) is 2.78. The lowest BCUT2D eigenvalue weighted by atomic mass is 10.1. The van der Waals surface area contributed by atoms with Crippen molar-refractivity contribution < 1.29 is 9.13 Å². The standard InChI is InChI=1S/C15H18FN3O/c1-4-7-17-15-18-9-12(16)14(19-15)20-13-6-5-10(2)8-11(13)3/h5-6,8-9H,4,7H2,1-3H3,(H,17,18,19). The summed E-state index contributed by atoms with van der Waals surface area (Å²) >= 11 is 0. The number of aromatic nitrogens is 2. The Morgan fingerprint density at radius 2 is 2.10 bits per heavy atom. The van der Waals surface area contributed by atoms with Crippen LogP contribution in [0.4, 0.5) is 10.3 Å². The van der Waals surface area contributed by atoms with Crippen LogP contribution < -0.4 is 10.1 Å². The lowest BCUT2D eigenvalue weighted by Crippen LogP contribution is -2.06. The molecule has 0 bridgehead atoms. The molecule has 0 spiro atoms. The number of nitrogens with zero attached hydrogens (tertiary/aromatic N) is 2. The number of hydrogen-bond acceptors (Lipinski definition) is 4. The first-order valence-corrected chi connectivity index (χ1v) is 6.61. The van der Waals surface area contributed by atoms with Gasteiger partial charge in [-0.1, -0.05) is 24.6 Å². The van der Waals surface area contributed by atoms with Gasteiger partial charge in [0, 0.05) is 6.54 Å². The molecule has 0 saturated heterocycles. The van der Waals surface area contributed by atoms with Crippen molar-refractivity contribution in [3.8, 4) is 11.6 Å². The predicted molar refractivity (Wildman–Crippen MR) is 76.8 cm³/mol. The highest BCUT2D eigenvalue weighted by Gasteiger charge is 2.10. The van der Waals surface area contributed by atoms with Crippen LogP contribution in [-0.4, -0.2) is 16.5 Å². The number of anilines is 1. The lowest BCUT2D eigenvalue weighted by Gasteiger charge is -2.10. The Morgan fingerprint density at radius 3 is 2.80 bits per heavy atom. The second-order valence-corrected chi connectivity index (χ2v) is 4.64. The Kier molecular flexibility index (Phi) is 4.50. The quantitative estimate of drug-likeness (QED) is 0.900. The Balaban J connectivity index is 2.23. The zero-order chi connectivity index (χ0) is 14.5. The monoisotopic (exact) mass is 275 g/mol. The van der Waals surface area contributed by atoms with Crippen molar-refractivity contribution in [3.63, 3.8) is 0 Å². The third kappa shape index (κ3) is 3.44. The molecule has 0 unspecified atom stereocenters. The smallest absolute Gasteiger partial charge is 0.260 e. The number of benzene rings is 1. The van der Waals surface area contributed by atoms with E-state index in [4.69, 9.17) is 4.74 Å². The van der Waals surface area contributed by atoms with Gasteiger partial charge in [-0.25, -0.2) is 4.98 Å². The third-order valence-corrected chi connectivity index (χ3v) is 2.78. The summed E-state index contributed by atoms with van der Waals surface area (Å²) in [5.74, 6) is 0.320. The first kappa shape index (κ1) is 14.2. The van der Waals surface area contributed by atoms with Gasteiger partial charge in [0.2, 0.25) is 11.8 Å². The highest BCUT2D eigenvalue weighted by molar-refractivity contribution is 5.39. The number of halogens is 1. The van der Waals surface area contributed by atoms with Gasteiger partial charge in [0.05, 0.1) is 6.20 Å². The summed E-state index contributed by atoms with van der Waals surface area (Å²) in [6, 6.07) is 5.70. The van der Waals surface area contributed by atoms with Crippen molar-refractivity contribution in [3.05, 3.63) is 41.3 Å². The maximum absolute atomic E-state index is 13.7. The number of aryl methyl sites for hydroxylation is 2. The summed E-state index contributed by atoms with van der Waals surface area (Å²) in [5, 5.41) is 3.00. The van der Waals surface area contributed by atoms with E-state index < -0.39 is 5.82 Å². The van der Waals surface area contributed by atoms with Crippen molar-refractivity contribution in [2.75, 3.05) is 11.9 Å². The molecule has 2 aromatic rings. The van der Waals surface area contributed by atoms with Gasteiger partial charge in [-0.3, -0.25) is 0 Å². The van der Waals surface area contributed by atoms with E-state index in [0.29, 0.717) is 11.7 Å². The fourth-order valence-electron chi connectivity index (χ4n) is 1.76. The molecular formula is C15H18FN3O. The molecular weight excluding hydrogens is 257 g/mol. The van der Waals surface area contributed by atoms with Gasteiger partial charge in [-0.05, 0) is 31.9 Å². The van der Waals surface area contributed by atoms with Crippen LogP contribution in [0.25, 0.3) is 0 Å².